The number of hydrogen-bond acceptors (Lipinski definition) is 5. The van der Waals surface area contributed by atoms with Crippen LogP contribution in [0.2, 0.25) is 0 Å². The fourth-order valence-corrected chi connectivity index (χ4v) is 4.05. The van der Waals surface area contributed by atoms with Crippen molar-refractivity contribution in [1.29, 1.82) is 0 Å². The molecule has 2 aliphatic rings. The van der Waals surface area contributed by atoms with Crippen molar-refractivity contribution in [1.82, 2.24) is 19.8 Å². The van der Waals surface area contributed by atoms with Gasteiger partial charge >= 0.3 is 0 Å². The Morgan fingerprint density at radius 2 is 2.28 bits per heavy atom. The molecular weight excluding hydrogens is 368 g/mol. The van der Waals surface area contributed by atoms with Gasteiger partial charge in [0.1, 0.15) is 17.3 Å². The highest BCUT2D eigenvalue weighted by atomic mass is 16.5. The number of carbonyl (C=O) groups is 1. The van der Waals surface area contributed by atoms with Crippen molar-refractivity contribution in [2.24, 2.45) is 5.92 Å². The first-order valence-corrected chi connectivity index (χ1v) is 10.5. The Morgan fingerprint density at radius 3 is 3.10 bits per heavy atom. The van der Waals surface area contributed by atoms with Gasteiger partial charge in [-0.25, -0.2) is 4.98 Å². The second-order valence-corrected chi connectivity index (χ2v) is 7.89. The average Bonchev–Trinajstić information content (AvgIpc) is 3.36. The molecule has 0 saturated carbocycles. The SMILES string of the molecule is COc1cccc(CN2CCc3nc(C(=O)NCCC4CCOC4)cn3CC2)c1. The minimum Gasteiger partial charge on any atom is -0.497 e. The van der Waals surface area contributed by atoms with E-state index in [2.05, 4.69) is 31.9 Å². The Morgan fingerprint density at radius 1 is 1.34 bits per heavy atom. The first-order chi connectivity index (χ1) is 14.2. The van der Waals surface area contributed by atoms with Gasteiger partial charge in [0.2, 0.25) is 0 Å². The summed E-state index contributed by atoms with van der Waals surface area (Å²) in [4.78, 5) is 19.5. The summed E-state index contributed by atoms with van der Waals surface area (Å²) in [5.41, 5.74) is 1.78. The number of ether oxygens (including phenoxy) is 2. The topological polar surface area (TPSA) is 68.6 Å². The molecule has 1 fully saturated rings. The fraction of sp³-hybridized carbons (Fsp3) is 0.545. The van der Waals surface area contributed by atoms with Gasteiger partial charge in [-0.05, 0) is 36.5 Å². The van der Waals surface area contributed by atoms with Crippen molar-refractivity contribution < 1.29 is 14.3 Å². The zero-order valence-electron chi connectivity index (χ0n) is 17.1. The second kappa shape index (κ2) is 9.41. The molecule has 1 atom stereocenters. The van der Waals surface area contributed by atoms with Crippen molar-refractivity contribution in [2.45, 2.75) is 32.4 Å². The summed E-state index contributed by atoms with van der Waals surface area (Å²) in [5, 5.41) is 3.01. The number of fused-ring (bicyclic) bond motifs is 1. The molecule has 2 aromatic rings. The highest BCUT2D eigenvalue weighted by Gasteiger charge is 2.20. The minimum absolute atomic E-state index is 0.0716. The molecule has 1 N–H and O–H groups in total. The molecule has 7 heteroatoms. The molecule has 1 aromatic heterocycles. The zero-order valence-corrected chi connectivity index (χ0v) is 17.1. The molecule has 1 aromatic carbocycles. The van der Waals surface area contributed by atoms with Crippen LogP contribution in [0, 0.1) is 5.92 Å². The van der Waals surface area contributed by atoms with Crippen LogP contribution in [0.3, 0.4) is 0 Å². The second-order valence-electron chi connectivity index (χ2n) is 7.89. The van der Waals surface area contributed by atoms with Crippen molar-refractivity contribution in [3.05, 3.63) is 47.5 Å². The van der Waals surface area contributed by atoms with E-state index in [1.165, 1.54) is 5.56 Å². The van der Waals surface area contributed by atoms with E-state index in [1.807, 2.05) is 18.3 Å². The van der Waals surface area contributed by atoms with Crippen LogP contribution < -0.4 is 10.1 Å². The normalized spacial score (nSPS) is 19.6. The number of benzene rings is 1. The van der Waals surface area contributed by atoms with Gasteiger partial charge in [-0.2, -0.15) is 0 Å². The molecule has 0 aliphatic carbocycles. The van der Waals surface area contributed by atoms with Gasteiger partial charge in [-0.15, -0.1) is 0 Å². The van der Waals surface area contributed by atoms with Crippen LogP contribution in [0.15, 0.2) is 30.5 Å². The maximum absolute atomic E-state index is 12.4. The van der Waals surface area contributed by atoms with Gasteiger partial charge in [0.05, 0.1) is 7.11 Å². The zero-order chi connectivity index (χ0) is 20.1. The largest absolute Gasteiger partial charge is 0.497 e. The highest BCUT2D eigenvalue weighted by Crippen LogP contribution is 2.17. The summed E-state index contributed by atoms with van der Waals surface area (Å²) >= 11 is 0. The monoisotopic (exact) mass is 398 g/mol. The molecule has 7 nitrogen and oxygen atoms in total. The Balaban J connectivity index is 1.28. The molecule has 29 heavy (non-hydrogen) atoms. The maximum Gasteiger partial charge on any atom is 0.271 e. The van der Waals surface area contributed by atoms with E-state index in [0.29, 0.717) is 18.2 Å². The van der Waals surface area contributed by atoms with Crippen LogP contribution in [-0.4, -0.2) is 60.3 Å². The quantitative estimate of drug-likeness (QED) is 0.774. The van der Waals surface area contributed by atoms with Gasteiger partial charge in [0, 0.05) is 58.6 Å². The Kier molecular flexibility index (Phi) is 6.46. The van der Waals surface area contributed by atoms with Crippen molar-refractivity contribution in [2.75, 3.05) is 40.0 Å². The molecule has 3 heterocycles. The number of amides is 1. The Hall–Kier alpha value is -2.38. The lowest BCUT2D eigenvalue weighted by Gasteiger charge is -2.19. The number of imidazole rings is 1. The lowest BCUT2D eigenvalue weighted by Crippen LogP contribution is -2.27. The van der Waals surface area contributed by atoms with Crippen LogP contribution >= 0.6 is 0 Å². The molecular formula is C22H30N4O3. The van der Waals surface area contributed by atoms with E-state index in [4.69, 9.17) is 9.47 Å². The van der Waals surface area contributed by atoms with Crippen LogP contribution in [0.5, 0.6) is 5.75 Å². The average molecular weight is 399 g/mol. The number of aromatic nitrogens is 2. The summed E-state index contributed by atoms with van der Waals surface area (Å²) < 4.78 is 12.8. The standard InChI is InChI=1S/C22H30N4O3/c1-28-19-4-2-3-18(13-19)14-25-9-6-21-24-20(15-26(21)11-10-25)22(27)23-8-5-17-7-12-29-16-17/h2-4,13,15,17H,5-12,14,16H2,1H3,(H,23,27). The summed E-state index contributed by atoms with van der Waals surface area (Å²) in [6.45, 7) is 5.95. The van der Waals surface area contributed by atoms with E-state index in [9.17, 15) is 4.79 Å². The van der Waals surface area contributed by atoms with Gasteiger partial charge < -0.3 is 19.4 Å². The fourth-order valence-electron chi connectivity index (χ4n) is 4.05. The molecule has 1 unspecified atom stereocenters. The Bertz CT molecular complexity index is 804. The summed E-state index contributed by atoms with van der Waals surface area (Å²) in [6, 6.07) is 8.22. The summed E-state index contributed by atoms with van der Waals surface area (Å²) in [6.07, 6.45) is 4.81. The van der Waals surface area contributed by atoms with Crippen molar-refractivity contribution in [3.63, 3.8) is 0 Å². The smallest absolute Gasteiger partial charge is 0.271 e. The molecule has 0 bridgehead atoms. The van der Waals surface area contributed by atoms with E-state index < -0.39 is 0 Å². The highest BCUT2D eigenvalue weighted by molar-refractivity contribution is 5.92. The van der Waals surface area contributed by atoms with E-state index in [1.54, 1.807) is 7.11 Å². The predicted octanol–water partition coefficient (Wildman–Crippen LogP) is 2.11. The van der Waals surface area contributed by atoms with Crippen LogP contribution in [0.1, 0.15) is 34.7 Å². The van der Waals surface area contributed by atoms with E-state index in [0.717, 1.165) is 70.2 Å². The molecule has 0 radical (unpaired) electrons. The lowest BCUT2D eigenvalue weighted by atomic mass is 10.1. The minimum atomic E-state index is -0.0716. The van der Waals surface area contributed by atoms with Crippen LogP contribution in [0.4, 0.5) is 0 Å². The van der Waals surface area contributed by atoms with Gasteiger partial charge in [0.25, 0.3) is 5.91 Å². The number of carbonyl (C=O) groups excluding carboxylic acids is 1. The lowest BCUT2D eigenvalue weighted by molar-refractivity contribution is 0.0945. The number of nitrogens with one attached hydrogen (secondary N) is 1. The molecule has 2 aliphatic heterocycles. The number of hydrogen-bond donors (Lipinski definition) is 1. The molecule has 0 spiro atoms. The first kappa shape index (κ1) is 19.9. The van der Waals surface area contributed by atoms with Gasteiger partial charge in [0.15, 0.2) is 0 Å². The first-order valence-electron chi connectivity index (χ1n) is 10.5. The number of methoxy groups -OCH3 is 1. The molecule has 1 saturated heterocycles. The molecule has 1 amide bonds. The summed E-state index contributed by atoms with van der Waals surface area (Å²) in [5.74, 6) is 2.39. The van der Waals surface area contributed by atoms with Gasteiger partial charge in [-0.3, -0.25) is 9.69 Å². The van der Waals surface area contributed by atoms with E-state index >= 15 is 0 Å². The number of rotatable bonds is 7. The third kappa shape index (κ3) is 5.16. The van der Waals surface area contributed by atoms with E-state index in [-0.39, 0.29) is 5.91 Å². The van der Waals surface area contributed by atoms with Gasteiger partial charge in [-0.1, -0.05) is 12.1 Å². The maximum atomic E-state index is 12.4. The van der Waals surface area contributed by atoms with Crippen molar-refractivity contribution >= 4 is 5.91 Å². The van der Waals surface area contributed by atoms with Crippen molar-refractivity contribution in [3.8, 4) is 5.75 Å². The summed E-state index contributed by atoms with van der Waals surface area (Å²) in [7, 11) is 1.70. The molecule has 4 rings (SSSR count). The number of nitrogens with zero attached hydrogens (tertiary/aromatic N) is 3. The predicted molar refractivity (Wildman–Crippen MR) is 110 cm³/mol. The molecule has 156 valence electrons. The van der Waals surface area contributed by atoms with Crippen LogP contribution in [0.25, 0.3) is 0 Å². The van der Waals surface area contributed by atoms with Crippen LogP contribution in [-0.2, 0) is 24.2 Å². The third-order valence-corrected chi connectivity index (χ3v) is 5.80. The Labute approximate surface area is 172 Å². The third-order valence-electron chi connectivity index (χ3n) is 5.80.